The number of fused-ring (bicyclic) bond motifs is 2. The summed E-state index contributed by atoms with van der Waals surface area (Å²) < 4.78 is 0. The molecule has 0 radical (unpaired) electrons. The number of aromatic nitrogens is 1. The summed E-state index contributed by atoms with van der Waals surface area (Å²) in [5, 5.41) is 0. The summed E-state index contributed by atoms with van der Waals surface area (Å²) in [6.07, 6.45) is 14.7. The van der Waals surface area contributed by atoms with Gasteiger partial charge >= 0.3 is 0 Å². The van der Waals surface area contributed by atoms with Gasteiger partial charge in [0.2, 0.25) is 0 Å². The Kier molecular flexibility index (Phi) is 5.20. The lowest BCUT2D eigenvalue weighted by molar-refractivity contribution is 1.10. The minimum absolute atomic E-state index is 0. The highest BCUT2D eigenvalue weighted by Crippen LogP contribution is 2.27. The van der Waals surface area contributed by atoms with Crippen molar-refractivity contribution >= 4 is 17.0 Å². The molecule has 16 heavy (non-hydrogen) atoms. The van der Waals surface area contributed by atoms with Crippen LogP contribution in [0.15, 0.2) is 60.0 Å². The monoisotopic (exact) mass is 277 g/mol. The van der Waals surface area contributed by atoms with E-state index < -0.39 is 0 Å². The maximum Gasteiger partial charge on any atom is 0.0299 e. The van der Waals surface area contributed by atoms with E-state index in [1.165, 1.54) is 23.1 Å². The SMILES string of the molecule is Br.C1=CC2=CC=C1C2.CCc1cccnc1. The average Bonchev–Trinajstić information content (AvgIpc) is 2.95. The van der Waals surface area contributed by atoms with Crippen molar-refractivity contribution in [3.63, 3.8) is 0 Å². The van der Waals surface area contributed by atoms with E-state index in [2.05, 4.69) is 42.3 Å². The first-order valence-corrected chi connectivity index (χ1v) is 5.35. The normalized spacial score (nSPS) is 14.6. The predicted molar refractivity (Wildman–Crippen MR) is 73.9 cm³/mol. The highest BCUT2D eigenvalue weighted by molar-refractivity contribution is 8.93. The molecule has 1 aromatic rings. The van der Waals surface area contributed by atoms with E-state index >= 15 is 0 Å². The number of rotatable bonds is 1. The van der Waals surface area contributed by atoms with E-state index in [1.807, 2.05) is 12.3 Å². The van der Waals surface area contributed by atoms with E-state index in [1.54, 1.807) is 6.20 Å². The molecule has 0 saturated heterocycles. The smallest absolute Gasteiger partial charge is 0.0299 e. The molecule has 0 saturated carbocycles. The lowest BCUT2D eigenvalue weighted by Gasteiger charge is -1.88. The first-order chi connectivity index (χ1) is 7.38. The van der Waals surface area contributed by atoms with Gasteiger partial charge in [0.1, 0.15) is 0 Å². The minimum atomic E-state index is 0. The van der Waals surface area contributed by atoms with Crippen LogP contribution in [0.4, 0.5) is 0 Å². The molecule has 0 unspecified atom stereocenters. The summed E-state index contributed by atoms with van der Waals surface area (Å²) in [6, 6.07) is 4.03. The molecule has 0 spiro atoms. The lowest BCUT2D eigenvalue weighted by atomic mass is 10.2. The molecule has 0 atom stereocenters. The summed E-state index contributed by atoms with van der Waals surface area (Å²) in [4.78, 5) is 3.96. The summed E-state index contributed by atoms with van der Waals surface area (Å²) >= 11 is 0. The number of aryl methyl sites for hydroxylation is 1. The molecular formula is C14H16BrN. The van der Waals surface area contributed by atoms with Gasteiger partial charge in [0.05, 0.1) is 0 Å². The van der Waals surface area contributed by atoms with Crippen LogP contribution < -0.4 is 0 Å². The molecule has 1 nitrogen and oxygen atoms in total. The Hall–Kier alpha value is -1.15. The molecule has 0 aliphatic heterocycles. The van der Waals surface area contributed by atoms with Gasteiger partial charge in [-0.2, -0.15) is 0 Å². The maximum absolute atomic E-state index is 3.96. The molecule has 1 aromatic heterocycles. The zero-order valence-electron chi connectivity index (χ0n) is 9.39. The highest BCUT2D eigenvalue weighted by atomic mass is 79.9. The van der Waals surface area contributed by atoms with E-state index in [0.29, 0.717) is 0 Å². The van der Waals surface area contributed by atoms with E-state index in [9.17, 15) is 0 Å². The number of nitrogens with zero attached hydrogens (tertiary/aromatic N) is 1. The summed E-state index contributed by atoms with van der Waals surface area (Å²) in [7, 11) is 0. The van der Waals surface area contributed by atoms with E-state index in [0.717, 1.165) is 6.42 Å². The van der Waals surface area contributed by atoms with Gasteiger partial charge in [-0.1, -0.05) is 37.3 Å². The summed E-state index contributed by atoms with van der Waals surface area (Å²) in [5.74, 6) is 0. The Labute approximate surface area is 107 Å². The third-order valence-corrected chi connectivity index (χ3v) is 2.56. The Morgan fingerprint density at radius 2 is 1.88 bits per heavy atom. The van der Waals surface area contributed by atoms with Crippen LogP contribution in [0.25, 0.3) is 0 Å². The topological polar surface area (TPSA) is 12.9 Å². The number of hydrogen-bond donors (Lipinski definition) is 0. The molecule has 2 aliphatic rings. The second kappa shape index (κ2) is 6.44. The van der Waals surface area contributed by atoms with E-state index in [4.69, 9.17) is 0 Å². The van der Waals surface area contributed by atoms with Crippen molar-refractivity contribution in [3.05, 3.63) is 65.5 Å². The zero-order valence-corrected chi connectivity index (χ0v) is 11.1. The van der Waals surface area contributed by atoms with Crippen molar-refractivity contribution in [3.8, 4) is 0 Å². The van der Waals surface area contributed by atoms with Crippen LogP contribution in [-0.4, -0.2) is 4.98 Å². The van der Waals surface area contributed by atoms with Crippen LogP contribution in [0.3, 0.4) is 0 Å². The molecule has 0 aromatic carbocycles. The summed E-state index contributed by atoms with van der Waals surface area (Å²) in [6.45, 7) is 2.12. The minimum Gasteiger partial charge on any atom is -0.264 e. The molecular weight excluding hydrogens is 262 g/mol. The predicted octanol–water partition coefficient (Wildman–Crippen LogP) is 4.03. The van der Waals surface area contributed by atoms with Gasteiger partial charge in [-0.3, -0.25) is 4.98 Å². The number of allylic oxidation sites excluding steroid dienone is 6. The lowest BCUT2D eigenvalue weighted by Crippen LogP contribution is -1.77. The number of pyridine rings is 1. The molecule has 2 heteroatoms. The van der Waals surface area contributed by atoms with Gasteiger partial charge in [-0.25, -0.2) is 0 Å². The van der Waals surface area contributed by atoms with Gasteiger partial charge in [0.15, 0.2) is 0 Å². The molecule has 2 bridgehead atoms. The molecule has 2 aliphatic carbocycles. The first kappa shape index (κ1) is 12.9. The first-order valence-electron chi connectivity index (χ1n) is 5.35. The molecule has 84 valence electrons. The van der Waals surface area contributed by atoms with Crippen molar-refractivity contribution in [2.75, 3.05) is 0 Å². The largest absolute Gasteiger partial charge is 0.264 e. The second-order valence-corrected chi connectivity index (χ2v) is 3.71. The van der Waals surface area contributed by atoms with Gasteiger partial charge in [-0.15, -0.1) is 17.0 Å². The maximum atomic E-state index is 3.96. The fourth-order valence-corrected chi connectivity index (χ4v) is 1.62. The summed E-state index contributed by atoms with van der Waals surface area (Å²) in [5.41, 5.74) is 4.23. The fourth-order valence-electron chi connectivity index (χ4n) is 1.62. The molecule has 0 N–H and O–H groups in total. The Balaban J connectivity index is 0.000000151. The number of halogens is 1. The average molecular weight is 278 g/mol. The standard InChI is InChI=1S/C7H9N.C7H6.BrH/c1-2-7-4-3-5-8-6-7;1-2-7-4-3-6(1)5-7;/h3-6H,2H2,1H3;1-4H,5H2;1H. The van der Waals surface area contributed by atoms with Crippen LogP contribution in [0.5, 0.6) is 0 Å². The Morgan fingerprint density at radius 1 is 1.19 bits per heavy atom. The number of hydrogen-bond acceptors (Lipinski definition) is 1. The van der Waals surface area contributed by atoms with Gasteiger partial charge in [-0.05, 0) is 35.6 Å². The molecule has 0 amide bonds. The van der Waals surface area contributed by atoms with Crippen molar-refractivity contribution in [2.45, 2.75) is 19.8 Å². The molecule has 0 fully saturated rings. The Bertz CT molecular complexity index is 396. The third-order valence-electron chi connectivity index (χ3n) is 2.56. The highest BCUT2D eigenvalue weighted by Gasteiger charge is 2.07. The zero-order chi connectivity index (χ0) is 10.5. The van der Waals surface area contributed by atoms with Crippen molar-refractivity contribution in [1.29, 1.82) is 0 Å². The Morgan fingerprint density at radius 3 is 2.12 bits per heavy atom. The van der Waals surface area contributed by atoms with Gasteiger partial charge < -0.3 is 0 Å². The van der Waals surface area contributed by atoms with Gasteiger partial charge in [0, 0.05) is 12.4 Å². The molecule has 3 rings (SSSR count). The van der Waals surface area contributed by atoms with Gasteiger partial charge in [0.25, 0.3) is 0 Å². The fraction of sp³-hybridized carbons (Fsp3) is 0.214. The quantitative estimate of drug-likeness (QED) is 0.755. The second-order valence-electron chi connectivity index (χ2n) is 3.71. The van der Waals surface area contributed by atoms with Crippen LogP contribution in [0, 0.1) is 0 Å². The van der Waals surface area contributed by atoms with E-state index in [-0.39, 0.29) is 17.0 Å². The van der Waals surface area contributed by atoms with Crippen LogP contribution in [0.1, 0.15) is 18.9 Å². The van der Waals surface area contributed by atoms with Crippen LogP contribution in [0.2, 0.25) is 0 Å². The van der Waals surface area contributed by atoms with Crippen LogP contribution >= 0.6 is 17.0 Å². The third kappa shape index (κ3) is 3.46. The van der Waals surface area contributed by atoms with Crippen LogP contribution in [-0.2, 0) is 6.42 Å². The van der Waals surface area contributed by atoms with Crippen molar-refractivity contribution in [1.82, 2.24) is 4.98 Å². The van der Waals surface area contributed by atoms with Crippen molar-refractivity contribution < 1.29 is 0 Å². The molecule has 1 heterocycles. The van der Waals surface area contributed by atoms with Crippen molar-refractivity contribution in [2.24, 2.45) is 0 Å².